The molecule has 1 heterocycles. The Bertz CT molecular complexity index is 852. The molecule has 2 N–H and O–H groups in total. The minimum atomic E-state index is -0.231. The number of piperazine rings is 1. The van der Waals surface area contributed by atoms with Gasteiger partial charge in [-0.15, -0.1) is 0 Å². The number of rotatable bonds is 8. The van der Waals surface area contributed by atoms with Crippen LogP contribution in [0.5, 0.6) is 17.2 Å². The van der Waals surface area contributed by atoms with Crippen LogP contribution < -0.4 is 29.3 Å². The van der Waals surface area contributed by atoms with E-state index in [9.17, 15) is 9.18 Å². The lowest BCUT2D eigenvalue weighted by Gasteiger charge is -2.33. The zero-order valence-electron chi connectivity index (χ0n) is 17.7. The third-order valence-corrected chi connectivity index (χ3v) is 5.34. The summed E-state index contributed by atoms with van der Waals surface area (Å²) in [6.07, 6.45) is 0. The summed E-state index contributed by atoms with van der Waals surface area (Å²) in [4.78, 5) is 15.9. The summed E-state index contributed by atoms with van der Waals surface area (Å²) in [7, 11) is 4.72. The van der Waals surface area contributed by atoms with Gasteiger partial charge in [0.15, 0.2) is 18.0 Å². The van der Waals surface area contributed by atoms with Crippen LogP contribution in [0.3, 0.4) is 0 Å². The lowest BCUT2D eigenvalue weighted by molar-refractivity contribution is -0.892. The van der Waals surface area contributed by atoms with Crippen LogP contribution in [0.15, 0.2) is 36.4 Å². The summed E-state index contributed by atoms with van der Waals surface area (Å²) >= 11 is 0. The normalized spacial score (nSPS) is 14.3. The van der Waals surface area contributed by atoms with Gasteiger partial charge in [0.05, 0.1) is 47.5 Å². The topological polar surface area (TPSA) is 64.5 Å². The molecule has 7 nitrogen and oxygen atoms in total. The molecule has 0 saturated carbocycles. The fourth-order valence-electron chi connectivity index (χ4n) is 3.62. The average Bonchev–Trinajstić information content (AvgIpc) is 2.78. The summed E-state index contributed by atoms with van der Waals surface area (Å²) in [5, 5.41) is 2.97. The van der Waals surface area contributed by atoms with Crippen LogP contribution in [-0.2, 0) is 11.3 Å². The molecule has 1 fully saturated rings. The monoisotopic (exact) mass is 418 g/mol. The Morgan fingerprint density at radius 3 is 2.20 bits per heavy atom. The van der Waals surface area contributed by atoms with Gasteiger partial charge >= 0.3 is 0 Å². The van der Waals surface area contributed by atoms with E-state index in [1.54, 1.807) is 39.5 Å². The van der Waals surface area contributed by atoms with Crippen molar-refractivity contribution >= 4 is 11.6 Å². The second kappa shape index (κ2) is 10.2. The number of nitrogens with zero attached hydrogens (tertiary/aromatic N) is 1. The quantitative estimate of drug-likeness (QED) is 0.666. The Kier molecular flexibility index (Phi) is 7.35. The number of anilines is 1. The third-order valence-electron chi connectivity index (χ3n) is 5.34. The first-order valence-electron chi connectivity index (χ1n) is 9.93. The maximum Gasteiger partial charge on any atom is 0.275 e. The maximum atomic E-state index is 13.1. The molecule has 1 aliphatic heterocycles. The molecule has 2 aromatic carbocycles. The van der Waals surface area contributed by atoms with Crippen molar-refractivity contribution in [2.45, 2.75) is 6.54 Å². The Hall–Kier alpha value is -3.00. The van der Waals surface area contributed by atoms with Crippen LogP contribution >= 0.6 is 0 Å². The molecule has 0 aliphatic carbocycles. The fraction of sp³-hybridized carbons (Fsp3) is 0.409. The van der Waals surface area contributed by atoms with Crippen molar-refractivity contribution < 1.29 is 28.3 Å². The van der Waals surface area contributed by atoms with Crippen LogP contribution in [-0.4, -0.2) is 60.0 Å². The molecule has 0 atom stereocenters. The van der Waals surface area contributed by atoms with Crippen molar-refractivity contribution in [1.82, 2.24) is 5.32 Å². The SMILES string of the molecule is COc1cc(OC)c(OC)cc1CNC(=O)C[NH+]1CCN(c2ccc(F)cc2)CC1. The van der Waals surface area contributed by atoms with E-state index in [0.29, 0.717) is 30.3 Å². The van der Waals surface area contributed by atoms with Gasteiger partial charge in [-0.1, -0.05) is 0 Å². The minimum Gasteiger partial charge on any atom is -0.496 e. The summed E-state index contributed by atoms with van der Waals surface area (Å²) in [5.41, 5.74) is 1.83. The first-order chi connectivity index (χ1) is 14.5. The fourth-order valence-corrected chi connectivity index (χ4v) is 3.62. The number of carbonyl (C=O) groups excluding carboxylic acids is 1. The highest BCUT2D eigenvalue weighted by atomic mass is 19.1. The van der Waals surface area contributed by atoms with E-state index in [-0.39, 0.29) is 11.7 Å². The van der Waals surface area contributed by atoms with Gasteiger partial charge < -0.3 is 29.3 Å². The van der Waals surface area contributed by atoms with Crippen LogP contribution in [0.2, 0.25) is 0 Å². The highest BCUT2D eigenvalue weighted by Crippen LogP contribution is 2.34. The van der Waals surface area contributed by atoms with E-state index < -0.39 is 0 Å². The van der Waals surface area contributed by atoms with Crippen LogP contribution in [0.25, 0.3) is 0 Å². The van der Waals surface area contributed by atoms with Gasteiger partial charge in [0.2, 0.25) is 0 Å². The first-order valence-corrected chi connectivity index (χ1v) is 9.93. The first kappa shape index (κ1) is 21.7. The lowest BCUT2D eigenvalue weighted by atomic mass is 10.1. The molecule has 0 spiro atoms. The van der Waals surface area contributed by atoms with Crippen LogP contribution in [0.1, 0.15) is 5.56 Å². The zero-order chi connectivity index (χ0) is 21.5. The average molecular weight is 418 g/mol. The number of quaternary nitrogens is 1. The number of ether oxygens (including phenoxy) is 3. The largest absolute Gasteiger partial charge is 0.496 e. The van der Waals surface area contributed by atoms with Gasteiger partial charge in [0.25, 0.3) is 5.91 Å². The molecule has 1 saturated heterocycles. The molecule has 0 radical (unpaired) electrons. The standard InChI is InChI=1S/C22H28FN3O4/c1-28-19-13-21(30-3)20(29-2)12-16(19)14-24-22(27)15-25-8-10-26(11-9-25)18-6-4-17(23)5-7-18/h4-7,12-13H,8-11,14-15H2,1-3H3,(H,24,27)/p+1. The van der Waals surface area contributed by atoms with Crippen molar-refractivity contribution in [2.75, 3.05) is 59.0 Å². The highest BCUT2D eigenvalue weighted by Gasteiger charge is 2.22. The Balaban J connectivity index is 1.50. The molecule has 2 aromatic rings. The van der Waals surface area contributed by atoms with Gasteiger partial charge in [0.1, 0.15) is 11.6 Å². The number of hydrogen-bond acceptors (Lipinski definition) is 5. The molecule has 1 aliphatic rings. The molecule has 0 aromatic heterocycles. The van der Waals surface area contributed by atoms with E-state index in [1.165, 1.54) is 17.0 Å². The second-order valence-corrected chi connectivity index (χ2v) is 7.19. The van der Waals surface area contributed by atoms with Gasteiger partial charge in [0, 0.05) is 23.9 Å². The zero-order valence-corrected chi connectivity index (χ0v) is 17.7. The molecular weight excluding hydrogens is 389 g/mol. The van der Waals surface area contributed by atoms with Crippen molar-refractivity contribution in [3.63, 3.8) is 0 Å². The molecular formula is C22H29FN3O4+. The van der Waals surface area contributed by atoms with Gasteiger partial charge in [-0.2, -0.15) is 0 Å². The van der Waals surface area contributed by atoms with E-state index in [0.717, 1.165) is 37.4 Å². The Morgan fingerprint density at radius 2 is 1.60 bits per heavy atom. The van der Waals surface area contributed by atoms with Gasteiger partial charge in [-0.05, 0) is 30.3 Å². The van der Waals surface area contributed by atoms with E-state index in [1.807, 2.05) is 6.07 Å². The summed E-state index contributed by atoms with van der Waals surface area (Å²) in [5.74, 6) is 1.55. The van der Waals surface area contributed by atoms with Crippen molar-refractivity contribution in [1.29, 1.82) is 0 Å². The van der Waals surface area contributed by atoms with E-state index in [4.69, 9.17) is 14.2 Å². The van der Waals surface area contributed by atoms with E-state index >= 15 is 0 Å². The number of benzene rings is 2. The van der Waals surface area contributed by atoms with Crippen molar-refractivity contribution in [3.05, 3.63) is 47.8 Å². The second-order valence-electron chi connectivity index (χ2n) is 7.19. The number of methoxy groups -OCH3 is 3. The number of hydrogen-bond donors (Lipinski definition) is 2. The molecule has 3 rings (SSSR count). The number of amides is 1. The molecule has 0 unspecified atom stereocenters. The van der Waals surface area contributed by atoms with Crippen LogP contribution in [0.4, 0.5) is 10.1 Å². The summed E-state index contributed by atoms with van der Waals surface area (Å²) < 4.78 is 29.1. The molecule has 30 heavy (non-hydrogen) atoms. The highest BCUT2D eigenvalue weighted by molar-refractivity contribution is 5.77. The predicted molar refractivity (Wildman–Crippen MR) is 112 cm³/mol. The van der Waals surface area contributed by atoms with Gasteiger partial charge in [-0.25, -0.2) is 4.39 Å². The van der Waals surface area contributed by atoms with E-state index in [2.05, 4.69) is 10.2 Å². The summed E-state index contributed by atoms with van der Waals surface area (Å²) in [6, 6.07) is 10.1. The molecule has 1 amide bonds. The smallest absolute Gasteiger partial charge is 0.275 e. The summed E-state index contributed by atoms with van der Waals surface area (Å²) in [6.45, 7) is 4.12. The minimum absolute atomic E-state index is 0.0166. The molecule has 162 valence electrons. The Labute approximate surface area is 176 Å². The van der Waals surface area contributed by atoms with Crippen molar-refractivity contribution in [2.24, 2.45) is 0 Å². The number of carbonyl (C=O) groups is 1. The number of nitrogens with one attached hydrogen (secondary N) is 2. The molecule has 0 bridgehead atoms. The van der Waals surface area contributed by atoms with Crippen molar-refractivity contribution in [3.8, 4) is 17.2 Å². The number of halogens is 1. The lowest BCUT2D eigenvalue weighted by Crippen LogP contribution is -3.15. The Morgan fingerprint density at radius 1 is 1.00 bits per heavy atom. The predicted octanol–water partition coefficient (Wildman–Crippen LogP) is 0.873. The van der Waals surface area contributed by atoms with Gasteiger partial charge in [-0.3, -0.25) is 4.79 Å². The van der Waals surface area contributed by atoms with Crippen LogP contribution in [0, 0.1) is 5.82 Å². The maximum absolute atomic E-state index is 13.1. The molecule has 8 heteroatoms. The third kappa shape index (κ3) is 5.33.